The van der Waals surface area contributed by atoms with Crippen molar-refractivity contribution in [1.82, 2.24) is 9.44 Å². The Balaban J connectivity index is 1.65. The zero-order chi connectivity index (χ0) is 20.4. The minimum atomic E-state index is -3.79. The van der Waals surface area contributed by atoms with E-state index in [4.69, 9.17) is 0 Å². The highest BCUT2D eigenvalue weighted by Gasteiger charge is 2.28. The molecule has 2 aromatic carbocycles. The van der Waals surface area contributed by atoms with Gasteiger partial charge in [-0.05, 0) is 54.5 Å². The molecule has 0 aliphatic heterocycles. The number of hydrogen-bond donors (Lipinski definition) is 2. The van der Waals surface area contributed by atoms with Crippen molar-refractivity contribution in [2.75, 3.05) is 6.54 Å². The monoisotopic (exact) mass is 422 g/mol. The fourth-order valence-corrected chi connectivity index (χ4v) is 5.28. The van der Waals surface area contributed by atoms with Crippen molar-refractivity contribution in [3.8, 4) is 0 Å². The maximum atomic E-state index is 12.6. The molecule has 0 saturated heterocycles. The SMILES string of the molecule is CC(C)c1ccc(CCNS(=O)(=O)c2cccc(S(=O)(=O)NC3CC3)c2)cc1. The highest BCUT2D eigenvalue weighted by Crippen LogP contribution is 2.23. The number of nitrogens with one attached hydrogen (secondary N) is 2. The summed E-state index contributed by atoms with van der Waals surface area (Å²) >= 11 is 0. The van der Waals surface area contributed by atoms with Crippen LogP contribution in [0.25, 0.3) is 0 Å². The molecule has 0 spiro atoms. The first-order chi connectivity index (χ1) is 13.2. The van der Waals surface area contributed by atoms with E-state index in [1.54, 1.807) is 0 Å². The van der Waals surface area contributed by atoms with Crippen LogP contribution in [-0.4, -0.2) is 29.4 Å². The summed E-state index contributed by atoms with van der Waals surface area (Å²) in [6, 6.07) is 13.5. The van der Waals surface area contributed by atoms with E-state index in [0.717, 1.165) is 18.4 Å². The highest BCUT2D eigenvalue weighted by atomic mass is 32.2. The molecule has 152 valence electrons. The van der Waals surface area contributed by atoms with E-state index < -0.39 is 20.0 Å². The van der Waals surface area contributed by atoms with Gasteiger partial charge >= 0.3 is 0 Å². The Morgan fingerprint density at radius 2 is 1.54 bits per heavy atom. The maximum Gasteiger partial charge on any atom is 0.240 e. The molecular formula is C20H26N2O4S2. The molecule has 1 fully saturated rings. The molecule has 2 N–H and O–H groups in total. The average Bonchev–Trinajstić information content (AvgIpc) is 3.45. The van der Waals surface area contributed by atoms with Crippen LogP contribution in [0.15, 0.2) is 58.3 Å². The molecule has 1 aliphatic rings. The topological polar surface area (TPSA) is 92.3 Å². The third kappa shape index (κ3) is 5.41. The maximum absolute atomic E-state index is 12.6. The molecule has 0 unspecified atom stereocenters. The molecule has 3 rings (SSSR count). The summed E-state index contributed by atoms with van der Waals surface area (Å²) in [4.78, 5) is -0.0899. The number of benzene rings is 2. The molecule has 0 atom stereocenters. The number of hydrogen-bond acceptors (Lipinski definition) is 4. The van der Waals surface area contributed by atoms with Gasteiger partial charge in [0.1, 0.15) is 0 Å². The van der Waals surface area contributed by atoms with E-state index in [1.807, 2.05) is 12.1 Å². The minimum absolute atomic E-state index is 0.0356. The summed E-state index contributed by atoms with van der Waals surface area (Å²) in [5, 5.41) is 0. The van der Waals surface area contributed by atoms with Gasteiger partial charge < -0.3 is 0 Å². The van der Waals surface area contributed by atoms with Crippen LogP contribution in [0, 0.1) is 0 Å². The van der Waals surface area contributed by atoms with Crippen molar-refractivity contribution in [2.45, 2.75) is 54.9 Å². The Kier molecular flexibility index (Phi) is 6.24. The fourth-order valence-electron chi connectivity index (χ4n) is 2.78. The predicted octanol–water partition coefficient (Wildman–Crippen LogP) is 2.77. The Labute approximate surface area is 167 Å². The van der Waals surface area contributed by atoms with Gasteiger partial charge in [-0.25, -0.2) is 26.3 Å². The summed E-state index contributed by atoms with van der Waals surface area (Å²) in [5.74, 6) is 0.450. The molecule has 0 radical (unpaired) electrons. The Hall–Kier alpha value is -1.74. The summed E-state index contributed by atoms with van der Waals surface area (Å²) in [7, 11) is -7.49. The average molecular weight is 423 g/mol. The summed E-state index contributed by atoms with van der Waals surface area (Å²) in [6.45, 7) is 4.48. The largest absolute Gasteiger partial charge is 0.240 e. The lowest BCUT2D eigenvalue weighted by Crippen LogP contribution is -2.28. The summed E-state index contributed by atoms with van der Waals surface area (Å²) in [6.07, 6.45) is 2.19. The van der Waals surface area contributed by atoms with Gasteiger partial charge in [-0.15, -0.1) is 0 Å². The van der Waals surface area contributed by atoms with E-state index in [2.05, 4.69) is 35.4 Å². The first kappa shape index (κ1) is 21.0. The van der Waals surface area contributed by atoms with Crippen LogP contribution in [0.4, 0.5) is 0 Å². The van der Waals surface area contributed by atoms with Crippen molar-refractivity contribution in [2.24, 2.45) is 0 Å². The normalized spacial score (nSPS) is 15.1. The quantitative estimate of drug-likeness (QED) is 0.650. The molecule has 0 bridgehead atoms. The van der Waals surface area contributed by atoms with Crippen LogP contribution in [0.5, 0.6) is 0 Å². The lowest BCUT2D eigenvalue weighted by Gasteiger charge is -2.10. The zero-order valence-electron chi connectivity index (χ0n) is 16.1. The molecule has 0 heterocycles. The molecule has 1 aliphatic carbocycles. The van der Waals surface area contributed by atoms with Gasteiger partial charge in [-0.2, -0.15) is 0 Å². The number of sulfonamides is 2. The van der Waals surface area contributed by atoms with Crippen molar-refractivity contribution in [3.05, 3.63) is 59.7 Å². The third-order valence-electron chi connectivity index (χ3n) is 4.68. The minimum Gasteiger partial charge on any atom is -0.211 e. The van der Waals surface area contributed by atoms with E-state index in [0.29, 0.717) is 12.3 Å². The first-order valence-corrected chi connectivity index (χ1v) is 12.3. The Morgan fingerprint density at radius 3 is 2.11 bits per heavy atom. The van der Waals surface area contributed by atoms with E-state index in [-0.39, 0.29) is 22.4 Å². The van der Waals surface area contributed by atoms with Gasteiger partial charge in [0.2, 0.25) is 20.0 Å². The van der Waals surface area contributed by atoms with Gasteiger partial charge in [0.05, 0.1) is 9.79 Å². The van der Waals surface area contributed by atoms with Gasteiger partial charge in [-0.1, -0.05) is 44.2 Å². The Morgan fingerprint density at radius 1 is 0.929 bits per heavy atom. The van der Waals surface area contributed by atoms with Crippen molar-refractivity contribution in [3.63, 3.8) is 0 Å². The standard InChI is InChI=1S/C20H26N2O4S2/c1-15(2)17-8-6-16(7-9-17)12-13-21-27(23,24)19-4-3-5-20(14-19)28(25,26)22-18-10-11-18/h3-9,14-15,18,21-22H,10-13H2,1-2H3. The second kappa shape index (κ2) is 8.32. The smallest absolute Gasteiger partial charge is 0.211 e. The van der Waals surface area contributed by atoms with Crippen LogP contribution < -0.4 is 9.44 Å². The van der Waals surface area contributed by atoms with Gasteiger partial charge in [-0.3, -0.25) is 0 Å². The molecule has 6 nitrogen and oxygen atoms in total. The summed E-state index contributed by atoms with van der Waals surface area (Å²) in [5.41, 5.74) is 2.28. The van der Waals surface area contributed by atoms with E-state index >= 15 is 0 Å². The van der Waals surface area contributed by atoms with E-state index in [9.17, 15) is 16.8 Å². The van der Waals surface area contributed by atoms with Crippen LogP contribution in [0.3, 0.4) is 0 Å². The summed E-state index contributed by atoms with van der Waals surface area (Å²) < 4.78 is 54.8. The molecular weight excluding hydrogens is 396 g/mol. The van der Waals surface area contributed by atoms with Gasteiger partial charge in [0.25, 0.3) is 0 Å². The lowest BCUT2D eigenvalue weighted by molar-refractivity contribution is 0.579. The Bertz CT molecular complexity index is 1030. The highest BCUT2D eigenvalue weighted by molar-refractivity contribution is 7.90. The molecule has 1 saturated carbocycles. The predicted molar refractivity (Wildman–Crippen MR) is 109 cm³/mol. The van der Waals surface area contributed by atoms with Gasteiger partial charge in [0, 0.05) is 12.6 Å². The molecule has 28 heavy (non-hydrogen) atoms. The third-order valence-corrected chi connectivity index (χ3v) is 7.65. The molecule has 0 aromatic heterocycles. The van der Waals surface area contributed by atoms with Gasteiger partial charge in [0.15, 0.2) is 0 Å². The van der Waals surface area contributed by atoms with Crippen molar-refractivity contribution < 1.29 is 16.8 Å². The van der Waals surface area contributed by atoms with Crippen LogP contribution in [-0.2, 0) is 26.5 Å². The lowest BCUT2D eigenvalue weighted by atomic mass is 10.0. The van der Waals surface area contributed by atoms with E-state index in [1.165, 1.54) is 29.8 Å². The second-order valence-corrected chi connectivity index (χ2v) is 10.9. The molecule has 2 aromatic rings. The molecule has 0 amide bonds. The van der Waals surface area contributed by atoms with Crippen molar-refractivity contribution in [1.29, 1.82) is 0 Å². The van der Waals surface area contributed by atoms with Crippen LogP contribution >= 0.6 is 0 Å². The fraction of sp³-hybridized carbons (Fsp3) is 0.400. The molecule has 8 heteroatoms. The van der Waals surface area contributed by atoms with Crippen LogP contribution in [0.2, 0.25) is 0 Å². The number of rotatable bonds is 9. The van der Waals surface area contributed by atoms with Crippen molar-refractivity contribution >= 4 is 20.0 Å². The first-order valence-electron chi connectivity index (χ1n) is 9.38. The van der Waals surface area contributed by atoms with Crippen LogP contribution in [0.1, 0.15) is 43.7 Å². The second-order valence-electron chi connectivity index (χ2n) is 7.41. The zero-order valence-corrected chi connectivity index (χ0v) is 17.7.